The third-order valence-corrected chi connectivity index (χ3v) is 7.04. The van der Waals surface area contributed by atoms with E-state index in [0.29, 0.717) is 35.4 Å². The largest absolute Gasteiger partial charge is 0.494 e. The minimum Gasteiger partial charge on any atom is -0.494 e. The quantitative estimate of drug-likeness (QED) is 0.259. The van der Waals surface area contributed by atoms with Gasteiger partial charge in [0.25, 0.3) is 0 Å². The van der Waals surface area contributed by atoms with Crippen molar-refractivity contribution in [3.05, 3.63) is 93.6 Å². The van der Waals surface area contributed by atoms with Gasteiger partial charge in [0.1, 0.15) is 17.5 Å². The lowest BCUT2D eigenvalue weighted by Crippen LogP contribution is -2.42. The van der Waals surface area contributed by atoms with Crippen LogP contribution in [0.1, 0.15) is 29.3 Å². The number of ether oxygens (including phenoxy) is 2. The van der Waals surface area contributed by atoms with Crippen LogP contribution in [0.3, 0.4) is 0 Å². The molecule has 0 aliphatic carbocycles. The summed E-state index contributed by atoms with van der Waals surface area (Å²) in [5.41, 5.74) is 4.10. The molecule has 1 aromatic heterocycles. The van der Waals surface area contributed by atoms with Gasteiger partial charge in [-0.25, -0.2) is 4.79 Å². The zero-order chi connectivity index (χ0) is 25.9. The van der Waals surface area contributed by atoms with E-state index in [2.05, 4.69) is 24.0 Å². The van der Waals surface area contributed by atoms with Gasteiger partial charge in [0, 0.05) is 39.7 Å². The third-order valence-electron chi connectivity index (χ3n) is 6.56. The Morgan fingerprint density at radius 2 is 1.70 bits per heavy atom. The van der Waals surface area contributed by atoms with Crippen molar-refractivity contribution < 1.29 is 14.3 Å². The predicted molar refractivity (Wildman–Crippen MR) is 148 cm³/mol. The van der Waals surface area contributed by atoms with E-state index < -0.39 is 6.09 Å². The molecule has 0 spiro atoms. The molecule has 1 aliphatic heterocycles. The number of benzene rings is 3. The van der Waals surface area contributed by atoms with Gasteiger partial charge in [-0.15, -0.1) is 0 Å². The number of amides is 1. The highest BCUT2D eigenvalue weighted by molar-refractivity contribution is 6.31. The van der Waals surface area contributed by atoms with Gasteiger partial charge in [-0.3, -0.25) is 4.90 Å². The van der Waals surface area contributed by atoms with E-state index >= 15 is 0 Å². The number of rotatable bonds is 7. The van der Waals surface area contributed by atoms with Crippen molar-refractivity contribution in [2.24, 2.45) is 0 Å². The number of carbonyl (C=O) groups excluding carboxylic acids is 1. The maximum Gasteiger partial charge on any atom is 0.416 e. The second kappa shape index (κ2) is 11.1. The molecule has 1 unspecified atom stereocenters. The van der Waals surface area contributed by atoms with Crippen molar-refractivity contribution in [1.29, 1.82) is 0 Å². The van der Waals surface area contributed by atoms with Crippen molar-refractivity contribution in [2.45, 2.75) is 18.9 Å². The Kier molecular flexibility index (Phi) is 7.60. The van der Waals surface area contributed by atoms with Crippen LogP contribution in [-0.2, 0) is 6.42 Å². The zero-order valence-corrected chi connectivity index (χ0v) is 22.4. The van der Waals surface area contributed by atoms with Crippen LogP contribution in [0.15, 0.2) is 66.7 Å². The van der Waals surface area contributed by atoms with Crippen molar-refractivity contribution in [2.75, 3.05) is 33.8 Å². The summed E-state index contributed by atoms with van der Waals surface area (Å²) in [4.78, 5) is 20.9. The number of nitrogens with one attached hydrogen (secondary N) is 1. The third kappa shape index (κ3) is 5.72. The summed E-state index contributed by atoms with van der Waals surface area (Å²) in [6.07, 6.45) is 1.22. The van der Waals surface area contributed by atoms with E-state index in [-0.39, 0.29) is 6.04 Å². The summed E-state index contributed by atoms with van der Waals surface area (Å²) in [5.74, 6) is 1.25. The fraction of sp³-hybridized carbons (Fsp3) is 0.276. The average Bonchev–Trinajstić information content (AvgIpc) is 3.25. The van der Waals surface area contributed by atoms with Crippen LogP contribution in [0.2, 0.25) is 10.0 Å². The minimum absolute atomic E-state index is 0.350. The van der Waals surface area contributed by atoms with Crippen LogP contribution in [0, 0.1) is 0 Å². The number of H-pyrrole nitrogens is 1. The predicted octanol–water partition coefficient (Wildman–Crippen LogP) is 6.95. The molecular formula is C29H29Cl2N3O3. The van der Waals surface area contributed by atoms with Crippen molar-refractivity contribution in [3.63, 3.8) is 0 Å². The molecule has 0 saturated carbocycles. The number of hydrogen-bond acceptors (Lipinski definition) is 4. The molecule has 4 aromatic rings. The molecule has 8 heteroatoms. The zero-order valence-electron chi connectivity index (χ0n) is 20.8. The van der Waals surface area contributed by atoms with Gasteiger partial charge in [-0.2, -0.15) is 0 Å². The molecule has 3 aromatic carbocycles. The van der Waals surface area contributed by atoms with Crippen LogP contribution < -0.4 is 9.47 Å². The van der Waals surface area contributed by atoms with E-state index in [0.717, 1.165) is 40.9 Å². The highest BCUT2D eigenvalue weighted by Gasteiger charge is 2.35. The van der Waals surface area contributed by atoms with Crippen molar-refractivity contribution in [3.8, 4) is 11.5 Å². The van der Waals surface area contributed by atoms with E-state index in [1.54, 1.807) is 29.2 Å². The molecule has 0 fully saturated rings. The highest BCUT2D eigenvalue weighted by atomic mass is 35.5. The molecule has 0 radical (unpaired) electrons. The first kappa shape index (κ1) is 25.5. The summed E-state index contributed by atoms with van der Waals surface area (Å²) < 4.78 is 11.7. The van der Waals surface area contributed by atoms with Crippen molar-refractivity contribution >= 4 is 40.2 Å². The number of fused-ring (bicyclic) bond motifs is 3. The lowest BCUT2D eigenvalue weighted by molar-refractivity contribution is 0.135. The molecule has 5 rings (SSSR count). The van der Waals surface area contributed by atoms with E-state index in [1.165, 1.54) is 5.56 Å². The molecule has 2 heterocycles. The van der Waals surface area contributed by atoms with Gasteiger partial charge in [0.15, 0.2) is 0 Å². The van der Waals surface area contributed by atoms with Crippen LogP contribution >= 0.6 is 23.2 Å². The number of aromatic amines is 1. The number of halogens is 2. The van der Waals surface area contributed by atoms with Gasteiger partial charge in [-0.05, 0) is 92.7 Å². The topological polar surface area (TPSA) is 57.8 Å². The molecule has 37 heavy (non-hydrogen) atoms. The number of aromatic nitrogens is 1. The van der Waals surface area contributed by atoms with Gasteiger partial charge in [0.05, 0.1) is 6.61 Å². The Balaban J connectivity index is 1.45. The van der Waals surface area contributed by atoms with E-state index in [4.69, 9.17) is 32.7 Å². The average molecular weight is 538 g/mol. The van der Waals surface area contributed by atoms with Crippen LogP contribution in [0.5, 0.6) is 11.5 Å². The summed E-state index contributed by atoms with van der Waals surface area (Å²) in [7, 11) is 4.10. The number of carbonyl (C=O) groups is 1. The lowest BCUT2D eigenvalue weighted by Gasteiger charge is -2.35. The first-order valence-corrected chi connectivity index (χ1v) is 13.1. The summed E-state index contributed by atoms with van der Waals surface area (Å²) in [6, 6.07) is 20.2. The Labute approximate surface area is 226 Å². The molecule has 0 saturated heterocycles. The first-order chi connectivity index (χ1) is 17.9. The first-order valence-electron chi connectivity index (χ1n) is 12.3. The molecule has 0 bridgehead atoms. The minimum atomic E-state index is -0.418. The monoisotopic (exact) mass is 537 g/mol. The van der Waals surface area contributed by atoms with Crippen molar-refractivity contribution in [1.82, 2.24) is 14.8 Å². The maximum absolute atomic E-state index is 13.4. The molecule has 6 nitrogen and oxygen atoms in total. The number of hydrogen-bond donors (Lipinski definition) is 1. The Bertz CT molecular complexity index is 1380. The summed E-state index contributed by atoms with van der Waals surface area (Å²) in [6.45, 7) is 2.12. The molecule has 1 N–H and O–H groups in total. The van der Waals surface area contributed by atoms with Gasteiger partial charge < -0.3 is 19.4 Å². The van der Waals surface area contributed by atoms with E-state index in [1.807, 2.05) is 42.5 Å². The van der Waals surface area contributed by atoms with Crippen LogP contribution in [-0.4, -0.2) is 54.7 Å². The number of nitrogens with zero attached hydrogens (tertiary/aromatic N) is 2. The van der Waals surface area contributed by atoms with Crippen LogP contribution in [0.25, 0.3) is 10.9 Å². The molecule has 1 atom stereocenters. The molecule has 1 amide bonds. The molecule has 192 valence electrons. The molecular weight excluding hydrogens is 509 g/mol. The molecule has 1 aliphatic rings. The lowest BCUT2D eigenvalue weighted by atomic mass is 9.92. The normalized spacial score (nSPS) is 15.2. The fourth-order valence-electron chi connectivity index (χ4n) is 4.78. The standard InChI is InChI=1S/C29H29Cl2N3O3/c1-33(2)15-3-17-36-22-9-4-19(5-10-22)28-27-24(25-18-21(31)8-13-26(25)32-27)14-16-34(28)29(35)37-23-11-6-20(30)7-12-23/h4-13,18,28,32H,3,14-17H2,1-2H3. The van der Waals surface area contributed by atoms with E-state index in [9.17, 15) is 4.79 Å². The second-order valence-corrected chi connectivity index (χ2v) is 10.3. The van der Waals surface area contributed by atoms with Gasteiger partial charge in [-0.1, -0.05) is 35.3 Å². The second-order valence-electron chi connectivity index (χ2n) is 9.45. The van der Waals surface area contributed by atoms with Crippen LogP contribution in [0.4, 0.5) is 4.79 Å². The fourth-order valence-corrected chi connectivity index (χ4v) is 5.08. The SMILES string of the molecule is CN(C)CCCOc1ccc(C2c3[nH]c4ccc(Cl)cc4c3CCN2C(=O)Oc2ccc(Cl)cc2)cc1. The highest BCUT2D eigenvalue weighted by Crippen LogP contribution is 2.40. The Hall–Kier alpha value is -3.19. The Morgan fingerprint density at radius 3 is 2.43 bits per heavy atom. The smallest absolute Gasteiger partial charge is 0.416 e. The summed E-state index contributed by atoms with van der Waals surface area (Å²) in [5, 5.41) is 2.35. The van der Waals surface area contributed by atoms with Gasteiger partial charge >= 0.3 is 6.09 Å². The summed E-state index contributed by atoms with van der Waals surface area (Å²) >= 11 is 12.3. The Morgan fingerprint density at radius 1 is 1.00 bits per heavy atom. The maximum atomic E-state index is 13.4. The van der Waals surface area contributed by atoms with Gasteiger partial charge in [0.2, 0.25) is 0 Å².